The standard InChI is InChI=1S/C20H27N5O2S/c21-17(19(26)23-9-8-16-7-4-14-28-16)18(22)20(27)25-12-10-24(11-13-25)15-5-2-1-3-6-15/h1-7,14,17-18H,8-13,21-22H2,(H,23,26)/t17-,18-/m1/s1. The van der Waals surface area contributed by atoms with Crippen LogP contribution in [0, 0.1) is 0 Å². The molecular weight excluding hydrogens is 374 g/mol. The molecule has 0 bridgehead atoms. The highest BCUT2D eigenvalue weighted by molar-refractivity contribution is 7.09. The molecule has 1 aromatic heterocycles. The molecule has 1 fully saturated rings. The van der Waals surface area contributed by atoms with E-state index in [1.165, 1.54) is 4.88 Å². The van der Waals surface area contributed by atoms with Gasteiger partial charge in [-0.15, -0.1) is 11.3 Å². The summed E-state index contributed by atoms with van der Waals surface area (Å²) in [7, 11) is 0. The smallest absolute Gasteiger partial charge is 0.241 e. The predicted octanol–water partition coefficient (Wildman–Crippen LogP) is 0.410. The van der Waals surface area contributed by atoms with Crippen LogP contribution in [0.1, 0.15) is 4.88 Å². The SMILES string of the molecule is N[C@@H](C(=O)NCCc1cccs1)[C@@H](N)C(=O)N1CCN(c2ccccc2)CC1. The lowest BCUT2D eigenvalue weighted by Gasteiger charge is -2.37. The van der Waals surface area contributed by atoms with Crippen molar-refractivity contribution in [3.63, 3.8) is 0 Å². The van der Waals surface area contributed by atoms with Crippen LogP contribution in [0.15, 0.2) is 47.8 Å². The van der Waals surface area contributed by atoms with Gasteiger partial charge >= 0.3 is 0 Å². The van der Waals surface area contributed by atoms with E-state index in [4.69, 9.17) is 11.5 Å². The van der Waals surface area contributed by atoms with E-state index < -0.39 is 12.1 Å². The Labute approximate surface area is 169 Å². The molecule has 3 rings (SSSR count). The molecule has 0 unspecified atom stereocenters. The molecule has 8 heteroatoms. The third kappa shape index (κ3) is 5.09. The number of nitrogens with one attached hydrogen (secondary N) is 1. The molecule has 0 radical (unpaired) electrons. The Balaban J connectivity index is 1.45. The number of hydrogen-bond acceptors (Lipinski definition) is 6. The van der Waals surface area contributed by atoms with E-state index in [-0.39, 0.29) is 11.8 Å². The van der Waals surface area contributed by atoms with Gasteiger partial charge in [0, 0.05) is 43.3 Å². The topological polar surface area (TPSA) is 105 Å². The monoisotopic (exact) mass is 401 g/mol. The molecule has 0 saturated carbocycles. The number of benzene rings is 1. The molecular formula is C20H27N5O2S. The molecule has 2 amide bonds. The molecule has 2 aromatic rings. The molecule has 7 nitrogen and oxygen atoms in total. The van der Waals surface area contributed by atoms with Gasteiger partial charge in [0.05, 0.1) is 0 Å². The molecule has 2 atom stereocenters. The molecule has 1 aromatic carbocycles. The van der Waals surface area contributed by atoms with Gasteiger partial charge in [-0.1, -0.05) is 24.3 Å². The van der Waals surface area contributed by atoms with Crippen molar-refractivity contribution in [1.29, 1.82) is 0 Å². The summed E-state index contributed by atoms with van der Waals surface area (Å²) in [6, 6.07) is 12.0. The second kappa shape index (κ2) is 9.68. The number of para-hydroxylation sites is 1. The number of amides is 2. The van der Waals surface area contributed by atoms with Gasteiger partial charge < -0.3 is 26.6 Å². The average Bonchev–Trinajstić information content (AvgIpc) is 3.26. The Hall–Kier alpha value is -2.42. The second-order valence-electron chi connectivity index (χ2n) is 6.82. The third-order valence-electron chi connectivity index (χ3n) is 4.94. The number of rotatable bonds is 7. The van der Waals surface area contributed by atoms with Gasteiger partial charge in [-0.05, 0) is 30.0 Å². The molecule has 0 spiro atoms. The summed E-state index contributed by atoms with van der Waals surface area (Å²) in [6.07, 6.45) is 0.737. The normalized spacial score (nSPS) is 16.5. The van der Waals surface area contributed by atoms with E-state index in [1.54, 1.807) is 16.2 Å². The minimum atomic E-state index is -1.05. The van der Waals surface area contributed by atoms with Crippen LogP contribution in [0.3, 0.4) is 0 Å². The van der Waals surface area contributed by atoms with Crippen molar-refractivity contribution < 1.29 is 9.59 Å². The van der Waals surface area contributed by atoms with Gasteiger partial charge in [-0.3, -0.25) is 9.59 Å². The lowest BCUT2D eigenvalue weighted by atomic mass is 10.1. The number of piperazine rings is 1. The Morgan fingerprint density at radius 3 is 2.36 bits per heavy atom. The van der Waals surface area contributed by atoms with Gasteiger partial charge in [0.15, 0.2) is 0 Å². The molecule has 1 aliphatic heterocycles. The van der Waals surface area contributed by atoms with Crippen molar-refractivity contribution in [1.82, 2.24) is 10.2 Å². The van der Waals surface area contributed by atoms with E-state index in [9.17, 15) is 9.59 Å². The molecule has 150 valence electrons. The highest BCUT2D eigenvalue weighted by Gasteiger charge is 2.32. The van der Waals surface area contributed by atoms with Crippen LogP contribution in [-0.4, -0.2) is 61.5 Å². The Morgan fingerprint density at radius 1 is 1.00 bits per heavy atom. The summed E-state index contributed by atoms with van der Waals surface area (Å²) in [5.41, 5.74) is 13.1. The first kappa shape index (κ1) is 20.3. The Bertz CT molecular complexity index is 760. The summed E-state index contributed by atoms with van der Waals surface area (Å²) < 4.78 is 0. The van der Waals surface area contributed by atoms with Gasteiger partial charge in [-0.25, -0.2) is 0 Å². The van der Waals surface area contributed by atoms with Gasteiger partial charge in [0.25, 0.3) is 0 Å². The van der Waals surface area contributed by atoms with Crippen LogP contribution in [0.2, 0.25) is 0 Å². The first-order valence-electron chi connectivity index (χ1n) is 9.46. The van der Waals surface area contributed by atoms with E-state index in [1.807, 2.05) is 35.7 Å². The van der Waals surface area contributed by atoms with E-state index in [2.05, 4.69) is 22.3 Å². The number of nitrogens with zero attached hydrogens (tertiary/aromatic N) is 2. The van der Waals surface area contributed by atoms with Gasteiger partial charge in [-0.2, -0.15) is 0 Å². The van der Waals surface area contributed by atoms with Crippen LogP contribution in [0.4, 0.5) is 5.69 Å². The lowest BCUT2D eigenvalue weighted by molar-refractivity contribution is -0.136. The summed E-state index contributed by atoms with van der Waals surface area (Å²) >= 11 is 1.64. The first-order chi connectivity index (χ1) is 13.6. The fourth-order valence-corrected chi connectivity index (χ4v) is 3.94. The summed E-state index contributed by atoms with van der Waals surface area (Å²) in [5.74, 6) is -0.658. The number of thiophene rings is 1. The lowest BCUT2D eigenvalue weighted by Crippen LogP contribution is -2.61. The van der Waals surface area contributed by atoms with Crippen LogP contribution < -0.4 is 21.7 Å². The van der Waals surface area contributed by atoms with Crippen LogP contribution in [0.25, 0.3) is 0 Å². The van der Waals surface area contributed by atoms with Crippen LogP contribution in [0.5, 0.6) is 0 Å². The molecule has 28 heavy (non-hydrogen) atoms. The highest BCUT2D eigenvalue weighted by atomic mass is 32.1. The molecule has 1 saturated heterocycles. The van der Waals surface area contributed by atoms with Crippen molar-refractivity contribution >= 4 is 28.8 Å². The molecule has 2 heterocycles. The number of anilines is 1. The second-order valence-corrected chi connectivity index (χ2v) is 7.85. The van der Waals surface area contributed by atoms with Crippen molar-refractivity contribution in [2.24, 2.45) is 11.5 Å². The third-order valence-corrected chi connectivity index (χ3v) is 5.87. The number of carbonyl (C=O) groups is 2. The zero-order chi connectivity index (χ0) is 19.9. The predicted molar refractivity (Wildman–Crippen MR) is 112 cm³/mol. The highest BCUT2D eigenvalue weighted by Crippen LogP contribution is 2.16. The van der Waals surface area contributed by atoms with Crippen molar-refractivity contribution in [3.8, 4) is 0 Å². The maximum atomic E-state index is 12.7. The van der Waals surface area contributed by atoms with Crippen molar-refractivity contribution in [2.45, 2.75) is 18.5 Å². The van der Waals surface area contributed by atoms with Gasteiger partial charge in [0.2, 0.25) is 11.8 Å². The molecule has 0 aliphatic carbocycles. The minimum Gasteiger partial charge on any atom is -0.368 e. The quantitative estimate of drug-likeness (QED) is 0.623. The number of hydrogen-bond donors (Lipinski definition) is 3. The molecule has 5 N–H and O–H groups in total. The average molecular weight is 402 g/mol. The zero-order valence-corrected chi connectivity index (χ0v) is 16.6. The maximum Gasteiger partial charge on any atom is 0.241 e. The zero-order valence-electron chi connectivity index (χ0n) is 15.8. The number of carbonyl (C=O) groups excluding carboxylic acids is 2. The van der Waals surface area contributed by atoms with Gasteiger partial charge in [0.1, 0.15) is 12.1 Å². The Morgan fingerprint density at radius 2 is 1.71 bits per heavy atom. The van der Waals surface area contributed by atoms with E-state index in [0.717, 1.165) is 25.2 Å². The Kier molecular flexibility index (Phi) is 7.02. The fraction of sp³-hybridized carbons (Fsp3) is 0.400. The first-order valence-corrected chi connectivity index (χ1v) is 10.3. The van der Waals surface area contributed by atoms with E-state index in [0.29, 0.717) is 19.6 Å². The van der Waals surface area contributed by atoms with Crippen LogP contribution in [-0.2, 0) is 16.0 Å². The fourth-order valence-electron chi connectivity index (χ4n) is 3.23. The van der Waals surface area contributed by atoms with Crippen molar-refractivity contribution in [3.05, 3.63) is 52.7 Å². The van der Waals surface area contributed by atoms with Crippen molar-refractivity contribution in [2.75, 3.05) is 37.6 Å². The minimum absolute atomic E-state index is 0.270. The summed E-state index contributed by atoms with van der Waals surface area (Å²) in [4.78, 5) is 30.0. The summed E-state index contributed by atoms with van der Waals surface area (Å²) in [6.45, 7) is 3.06. The summed E-state index contributed by atoms with van der Waals surface area (Å²) in [5, 5.41) is 4.77. The number of nitrogens with two attached hydrogens (primary N) is 2. The van der Waals surface area contributed by atoms with E-state index >= 15 is 0 Å². The maximum absolute atomic E-state index is 12.7. The van der Waals surface area contributed by atoms with Crippen LogP contribution >= 0.6 is 11.3 Å². The molecule has 1 aliphatic rings. The largest absolute Gasteiger partial charge is 0.368 e.